The van der Waals surface area contributed by atoms with E-state index in [2.05, 4.69) is 0 Å². The molecule has 0 bridgehead atoms. The number of benzene rings is 1. The summed E-state index contributed by atoms with van der Waals surface area (Å²) in [5.74, 6) is -9.36. The van der Waals surface area contributed by atoms with Crippen LogP contribution in [0.15, 0.2) is 0 Å². The molecule has 0 N–H and O–H groups in total. The fourth-order valence-corrected chi connectivity index (χ4v) is 4.57. The van der Waals surface area contributed by atoms with Gasteiger partial charge in [0.15, 0.2) is 23.3 Å². The van der Waals surface area contributed by atoms with Crippen LogP contribution in [0.3, 0.4) is 0 Å². The first-order valence-electron chi connectivity index (χ1n) is 8.49. The van der Waals surface area contributed by atoms with Crippen LogP contribution < -0.4 is 0 Å². The summed E-state index contributed by atoms with van der Waals surface area (Å²) in [5, 5.41) is 0. The van der Waals surface area contributed by atoms with Gasteiger partial charge < -0.3 is 13.3 Å². The minimum atomic E-state index is -2.55. The highest BCUT2D eigenvalue weighted by Gasteiger charge is 2.36. The molecule has 0 unspecified atom stereocenters. The van der Waals surface area contributed by atoms with Gasteiger partial charge in [0.2, 0.25) is 5.82 Å². The Bertz CT molecular complexity index is 545. The summed E-state index contributed by atoms with van der Waals surface area (Å²) in [7, 11) is 2.11. The lowest BCUT2D eigenvalue weighted by molar-refractivity contribution is 0.122. The van der Waals surface area contributed by atoms with Crippen LogP contribution in [0.5, 0.6) is 0 Å². The van der Waals surface area contributed by atoms with Gasteiger partial charge in [0, 0.05) is 32.9 Å². The SMILES string of the molecule is CO[Si](CCCCCCCCc1c(F)c(F)c(F)c(F)c1F)(OC)OC. The summed E-state index contributed by atoms with van der Waals surface area (Å²) in [4.78, 5) is 0. The van der Waals surface area contributed by atoms with E-state index < -0.39 is 43.5 Å². The molecule has 26 heavy (non-hydrogen) atoms. The highest BCUT2D eigenvalue weighted by molar-refractivity contribution is 6.60. The van der Waals surface area contributed by atoms with E-state index >= 15 is 0 Å². The first-order valence-corrected chi connectivity index (χ1v) is 10.4. The molecule has 0 aliphatic carbocycles. The van der Waals surface area contributed by atoms with Crippen molar-refractivity contribution in [3.63, 3.8) is 0 Å². The zero-order valence-electron chi connectivity index (χ0n) is 15.3. The van der Waals surface area contributed by atoms with Crippen LogP contribution in [0.4, 0.5) is 22.0 Å². The molecule has 0 atom stereocenters. The quantitative estimate of drug-likeness (QED) is 0.160. The second kappa shape index (κ2) is 11.0. The zero-order chi connectivity index (χ0) is 19.7. The minimum absolute atomic E-state index is 0.182. The largest absolute Gasteiger partial charge is 0.500 e. The molecule has 1 aromatic rings. The maximum Gasteiger partial charge on any atom is 0.500 e. The summed E-state index contributed by atoms with van der Waals surface area (Å²) in [6, 6.07) is 0.695. The molecular formula is C17H25F5O3Si. The predicted molar refractivity (Wildman–Crippen MR) is 89.2 cm³/mol. The van der Waals surface area contributed by atoms with Gasteiger partial charge in [0.25, 0.3) is 0 Å². The van der Waals surface area contributed by atoms with Crippen molar-refractivity contribution in [3.05, 3.63) is 34.6 Å². The Morgan fingerprint density at radius 3 is 1.42 bits per heavy atom. The minimum Gasteiger partial charge on any atom is -0.377 e. The first-order chi connectivity index (χ1) is 12.3. The third kappa shape index (κ3) is 5.73. The Kier molecular flexibility index (Phi) is 9.70. The normalized spacial score (nSPS) is 12.0. The van der Waals surface area contributed by atoms with E-state index in [1.165, 1.54) is 0 Å². The van der Waals surface area contributed by atoms with Gasteiger partial charge in [0.05, 0.1) is 0 Å². The van der Waals surface area contributed by atoms with E-state index in [1.54, 1.807) is 21.3 Å². The fourth-order valence-electron chi connectivity index (χ4n) is 2.78. The maximum absolute atomic E-state index is 13.5. The molecular weight excluding hydrogens is 375 g/mol. The first kappa shape index (κ1) is 23.0. The Morgan fingerprint density at radius 1 is 0.577 bits per heavy atom. The third-order valence-corrected chi connectivity index (χ3v) is 7.23. The van der Waals surface area contributed by atoms with Crippen LogP contribution in [0.25, 0.3) is 0 Å². The molecule has 150 valence electrons. The van der Waals surface area contributed by atoms with Crippen molar-refractivity contribution in [1.29, 1.82) is 0 Å². The molecule has 0 aliphatic heterocycles. The van der Waals surface area contributed by atoms with Gasteiger partial charge in [-0.2, -0.15) is 0 Å². The Morgan fingerprint density at radius 2 is 0.962 bits per heavy atom. The molecule has 0 saturated heterocycles. The topological polar surface area (TPSA) is 27.7 Å². The van der Waals surface area contributed by atoms with Crippen molar-refractivity contribution in [2.24, 2.45) is 0 Å². The van der Waals surface area contributed by atoms with Gasteiger partial charge in [0.1, 0.15) is 0 Å². The molecule has 0 fully saturated rings. The summed E-state index contributed by atoms with van der Waals surface area (Å²) < 4.78 is 82.2. The van der Waals surface area contributed by atoms with Crippen LogP contribution in [0.2, 0.25) is 6.04 Å². The average molecular weight is 400 g/mol. The average Bonchev–Trinajstić information content (AvgIpc) is 2.66. The molecule has 0 saturated carbocycles. The molecule has 1 rings (SSSR count). The Hall–Kier alpha value is -1.03. The number of unbranched alkanes of at least 4 members (excludes halogenated alkanes) is 5. The van der Waals surface area contributed by atoms with E-state index in [1.807, 2.05) is 0 Å². The summed E-state index contributed by atoms with van der Waals surface area (Å²) in [6.07, 6.45) is 4.27. The molecule has 0 spiro atoms. The van der Waals surface area contributed by atoms with Gasteiger partial charge in [-0.3, -0.25) is 0 Å². The predicted octanol–water partition coefficient (Wildman–Crippen LogP) is 5.14. The summed E-state index contributed by atoms with van der Waals surface area (Å²) >= 11 is 0. The van der Waals surface area contributed by atoms with Gasteiger partial charge >= 0.3 is 8.80 Å². The second-order valence-electron chi connectivity index (χ2n) is 5.97. The van der Waals surface area contributed by atoms with E-state index in [0.717, 1.165) is 25.7 Å². The van der Waals surface area contributed by atoms with E-state index in [4.69, 9.17) is 13.3 Å². The lowest BCUT2D eigenvalue weighted by atomic mass is 10.0. The Labute approximate surface area is 151 Å². The van der Waals surface area contributed by atoms with Crippen LogP contribution in [0, 0.1) is 29.1 Å². The number of hydrogen-bond donors (Lipinski definition) is 0. The summed E-state index contributed by atoms with van der Waals surface area (Å²) in [5.41, 5.74) is -0.738. The highest BCUT2D eigenvalue weighted by atomic mass is 28.4. The van der Waals surface area contributed by atoms with Crippen molar-refractivity contribution in [2.45, 2.75) is 51.0 Å². The fraction of sp³-hybridized carbons (Fsp3) is 0.647. The van der Waals surface area contributed by atoms with Gasteiger partial charge in [-0.1, -0.05) is 25.7 Å². The van der Waals surface area contributed by atoms with Crippen LogP contribution in [0.1, 0.15) is 44.1 Å². The van der Waals surface area contributed by atoms with Crippen molar-refractivity contribution < 1.29 is 35.2 Å². The molecule has 0 aliphatic rings. The van der Waals surface area contributed by atoms with Gasteiger partial charge in [-0.05, 0) is 19.3 Å². The van der Waals surface area contributed by atoms with Gasteiger partial charge in [-0.25, -0.2) is 22.0 Å². The van der Waals surface area contributed by atoms with Crippen molar-refractivity contribution in [3.8, 4) is 0 Å². The van der Waals surface area contributed by atoms with Crippen LogP contribution >= 0.6 is 0 Å². The Balaban J connectivity index is 2.33. The number of halogens is 5. The lowest BCUT2D eigenvalue weighted by Gasteiger charge is -2.24. The second-order valence-corrected chi connectivity index (χ2v) is 9.06. The maximum atomic E-state index is 13.5. The molecule has 3 nitrogen and oxygen atoms in total. The monoisotopic (exact) mass is 400 g/mol. The smallest absolute Gasteiger partial charge is 0.377 e. The van der Waals surface area contributed by atoms with E-state index in [0.29, 0.717) is 18.9 Å². The molecule has 0 heterocycles. The third-order valence-electron chi connectivity index (χ3n) is 4.39. The summed E-state index contributed by atoms with van der Waals surface area (Å²) in [6.45, 7) is 0. The molecule has 0 amide bonds. The van der Waals surface area contributed by atoms with Gasteiger partial charge in [-0.15, -0.1) is 0 Å². The van der Waals surface area contributed by atoms with E-state index in [9.17, 15) is 22.0 Å². The molecule has 9 heteroatoms. The zero-order valence-corrected chi connectivity index (χ0v) is 16.3. The highest BCUT2D eigenvalue weighted by Crippen LogP contribution is 2.25. The number of rotatable bonds is 12. The van der Waals surface area contributed by atoms with Crippen molar-refractivity contribution in [1.82, 2.24) is 0 Å². The van der Waals surface area contributed by atoms with Crippen molar-refractivity contribution >= 4 is 8.80 Å². The molecule has 0 aromatic heterocycles. The molecule has 1 aromatic carbocycles. The van der Waals surface area contributed by atoms with Crippen LogP contribution in [-0.2, 0) is 19.7 Å². The van der Waals surface area contributed by atoms with Crippen LogP contribution in [-0.4, -0.2) is 30.1 Å². The number of hydrogen-bond acceptors (Lipinski definition) is 3. The lowest BCUT2D eigenvalue weighted by Crippen LogP contribution is -2.42. The van der Waals surface area contributed by atoms with Crippen molar-refractivity contribution in [2.75, 3.05) is 21.3 Å². The molecule has 0 radical (unpaired) electrons. The van der Waals surface area contributed by atoms with E-state index in [-0.39, 0.29) is 6.42 Å². The standard InChI is InChI=1S/C17H25F5O3Si/c1-23-26(24-2,25-3)11-9-7-5-4-6-8-10-12-13(18)15(20)17(22)16(21)14(12)19/h4-11H2,1-3H3.